The topological polar surface area (TPSA) is 27.7 Å². The molecule has 5 heteroatoms. The maximum atomic E-state index is 5.80. The van der Waals surface area contributed by atoms with Gasteiger partial charge in [0.05, 0.1) is 11.2 Å². The Morgan fingerprint density at radius 1 is 1.20 bits per heavy atom. The Morgan fingerprint density at radius 3 is 2.20 bits per heavy atom. The normalized spacial score (nSPS) is 24.1. The Morgan fingerprint density at radius 2 is 1.73 bits per heavy atom. The Bertz CT molecular complexity index is 225. The van der Waals surface area contributed by atoms with Gasteiger partial charge < -0.3 is 13.7 Å². The van der Waals surface area contributed by atoms with Crippen LogP contribution in [0.15, 0.2) is 12.1 Å². The first kappa shape index (κ1) is 13.0. The van der Waals surface area contributed by atoms with Crippen LogP contribution in [0, 0.1) is 0 Å². The quantitative estimate of drug-likeness (QED) is 0.527. The molecule has 1 aliphatic heterocycles. The van der Waals surface area contributed by atoms with E-state index in [0.717, 1.165) is 23.5 Å². The van der Waals surface area contributed by atoms with Crippen LogP contribution in [0.2, 0.25) is 0 Å². The molecule has 1 rings (SSSR count). The van der Waals surface area contributed by atoms with Crippen molar-refractivity contribution in [2.75, 3.05) is 6.61 Å². The summed E-state index contributed by atoms with van der Waals surface area (Å²) in [6.07, 6.45) is 2.98. The third-order valence-electron chi connectivity index (χ3n) is 3.05. The average molecular weight is 228 g/mol. The van der Waals surface area contributed by atoms with Crippen LogP contribution in [0.5, 0.6) is 0 Å². The van der Waals surface area contributed by atoms with Crippen molar-refractivity contribution in [3.8, 4) is 0 Å². The second-order valence-corrected chi connectivity index (χ2v) is 5.41. The maximum absolute atomic E-state index is 5.80. The van der Waals surface area contributed by atoms with Gasteiger partial charge in [0.2, 0.25) is 0 Å². The first-order chi connectivity index (χ1) is 6.89. The molecule has 0 unspecified atom stereocenters. The summed E-state index contributed by atoms with van der Waals surface area (Å²) in [6.45, 7) is 9.02. The zero-order chi connectivity index (χ0) is 11.5. The van der Waals surface area contributed by atoms with Gasteiger partial charge in [0.1, 0.15) is 10.5 Å². The minimum atomic E-state index is -0.240. The van der Waals surface area contributed by atoms with Gasteiger partial charge in [-0.2, -0.15) is 0 Å². The number of hydrogen-bond donors (Lipinski definition) is 0. The fraction of sp³-hybridized carbons (Fsp3) is 0.800. The summed E-state index contributed by atoms with van der Waals surface area (Å²) >= 11 is 0. The van der Waals surface area contributed by atoms with Crippen molar-refractivity contribution in [1.82, 2.24) is 0 Å². The SMILES string of the molecule is CC1(C)OB(C=CCCO[SiH3])OC1(C)C. The van der Waals surface area contributed by atoms with Gasteiger partial charge in [-0.1, -0.05) is 12.1 Å². The van der Waals surface area contributed by atoms with E-state index >= 15 is 0 Å². The Kier molecular flexibility index (Phi) is 4.17. The van der Waals surface area contributed by atoms with Crippen LogP contribution in [0.3, 0.4) is 0 Å². The molecule has 1 fully saturated rings. The molecule has 0 radical (unpaired) electrons. The zero-order valence-corrected chi connectivity index (χ0v) is 12.4. The van der Waals surface area contributed by atoms with Gasteiger partial charge in [0.25, 0.3) is 0 Å². The second-order valence-electron chi connectivity index (χ2n) is 4.83. The van der Waals surface area contributed by atoms with E-state index in [9.17, 15) is 0 Å². The number of rotatable bonds is 4. The predicted octanol–water partition coefficient (Wildman–Crippen LogP) is 0.861. The van der Waals surface area contributed by atoms with Crippen LogP contribution in [0.1, 0.15) is 34.1 Å². The number of hydrogen-bond acceptors (Lipinski definition) is 3. The summed E-state index contributed by atoms with van der Waals surface area (Å²) in [4.78, 5) is 0. The molecule has 0 saturated carbocycles. The third kappa shape index (κ3) is 3.18. The lowest BCUT2D eigenvalue weighted by Crippen LogP contribution is -2.41. The molecule has 0 aromatic carbocycles. The van der Waals surface area contributed by atoms with Crippen molar-refractivity contribution in [2.24, 2.45) is 0 Å². The Hall–Kier alpha value is -0.0982. The van der Waals surface area contributed by atoms with Crippen LogP contribution in [-0.4, -0.2) is 35.4 Å². The fourth-order valence-corrected chi connectivity index (χ4v) is 1.60. The molecule has 0 spiro atoms. The smallest absolute Gasteiger partial charge is 0.428 e. The van der Waals surface area contributed by atoms with E-state index in [2.05, 4.69) is 33.8 Å². The molecule has 86 valence electrons. The maximum Gasteiger partial charge on any atom is 0.486 e. The fourth-order valence-electron chi connectivity index (χ4n) is 1.36. The Balaban J connectivity index is 2.45. The first-order valence-corrected chi connectivity index (χ1v) is 6.22. The van der Waals surface area contributed by atoms with Gasteiger partial charge in [-0.25, -0.2) is 0 Å². The average Bonchev–Trinajstić information content (AvgIpc) is 2.30. The molecular formula is C10H21BO3Si. The third-order valence-corrected chi connectivity index (χ3v) is 3.46. The van der Waals surface area contributed by atoms with E-state index in [1.807, 2.05) is 5.98 Å². The summed E-state index contributed by atoms with van der Waals surface area (Å²) in [6, 6.07) is 0. The van der Waals surface area contributed by atoms with Crippen molar-refractivity contribution in [1.29, 1.82) is 0 Å². The van der Waals surface area contributed by atoms with Crippen LogP contribution in [0.4, 0.5) is 0 Å². The minimum Gasteiger partial charge on any atom is -0.428 e. The Labute approximate surface area is 95.9 Å². The molecule has 0 aliphatic carbocycles. The van der Waals surface area contributed by atoms with Crippen molar-refractivity contribution in [3.05, 3.63) is 12.1 Å². The van der Waals surface area contributed by atoms with Gasteiger partial charge in [0, 0.05) is 6.61 Å². The highest BCUT2D eigenvalue weighted by Crippen LogP contribution is 2.36. The van der Waals surface area contributed by atoms with Gasteiger partial charge in [0.15, 0.2) is 0 Å². The molecular weight excluding hydrogens is 207 g/mol. The van der Waals surface area contributed by atoms with Crippen LogP contribution < -0.4 is 0 Å². The van der Waals surface area contributed by atoms with E-state index in [4.69, 9.17) is 13.7 Å². The van der Waals surface area contributed by atoms with Crippen molar-refractivity contribution in [3.63, 3.8) is 0 Å². The molecule has 0 atom stereocenters. The summed E-state index contributed by atoms with van der Waals surface area (Å²) in [7, 11) is 0.585. The monoisotopic (exact) mass is 228 g/mol. The minimum absolute atomic E-state index is 0.218. The summed E-state index contributed by atoms with van der Waals surface area (Å²) in [5.41, 5.74) is -0.480. The molecule has 0 aromatic heterocycles. The molecule has 0 bridgehead atoms. The largest absolute Gasteiger partial charge is 0.486 e. The molecule has 0 aromatic rings. The van der Waals surface area contributed by atoms with Gasteiger partial charge >= 0.3 is 7.12 Å². The highest BCUT2D eigenvalue weighted by molar-refractivity contribution is 6.51. The molecule has 3 nitrogen and oxygen atoms in total. The summed E-state index contributed by atoms with van der Waals surface area (Å²) < 4.78 is 16.7. The predicted molar refractivity (Wildman–Crippen MR) is 65.7 cm³/mol. The zero-order valence-electron chi connectivity index (χ0n) is 10.4. The lowest BCUT2D eigenvalue weighted by molar-refractivity contribution is 0.00578. The van der Waals surface area contributed by atoms with E-state index in [1.54, 1.807) is 0 Å². The van der Waals surface area contributed by atoms with E-state index in [1.165, 1.54) is 0 Å². The molecule has 1 heterocycles. The van der Waals surface area contributed by atoms with Crippen LogP contribution >= 0.6 is 0 Å². The molecule has 0 amide bonds. The highest BCUT2D eigenvalue weighted by Gasteiger charge is 2.49. The summed E-state index contributed by atoms with van der Waals surface area (Å²) in [5.74, 6) is 1.97. The van der Waals surface area contributed by atoms with Crippen molar-refractivity contribution >= 4 is 17.6 Å². The molecule has 1 aliphatic rings. The molecule has 0 N–H and O–H groups in total. The van der Waals surface area contributed by atoms with E-state index < -0.39 is 0 Å². The van der Waals surface area contributed by atoms with Crippen molar-refractivity contribution in [2.45, 2.75) is 45.3 Å². The standard InChI is InChI=1S/C10H21BO3Si/c1-9(2)10(3,4)14-11(13-9)7-5-6-8-12-15/h5,7H,6,8H2,1-4,15H3. The van der Waals surface area contributed by atoms with Crippen LogP contribution in [0.25, 0.3) is 0 Å². The first-order valence-electron chi connectivity index (χ1n) is 5.40. The lowest BCUT2D eigenvalue weighted by atomic mass is 9.90. The second kappa shape index (κ2) is 4.82. The highest BCUT2D eigenvalue weighted by atomic mass is 28.2. The van der Waals surface area contributed by atoms with Gasteiger partial charge in [-0.3, -0.25) is 0 Å². The van der Waals surface area contributed by atoms with Gasteiger partial charge in [-0.15, -0.1) is 0 Å². The van der Waals surface area contributed by atoms with Gasteiger partial charge in [-0.05, 0) is 34.1 Å². The van der Waals surface area contributed by atoms with Crippen molar-refractivity contribution < 1.29 is 13.7 Å². The molecule has 15 heavy (non-hydrogen) atoms. The van der Waals surface area contributed by atoms with Crippen LogP contribution in [-0.2, 0) is 13.7 Å². The molecule has 1 saturated heterocycles. The summed E-state index contributed by atoms with van der Waals surface area (Å²) in [5, 5.41) is 0. The van der Waals surface area contributed by atoms with E-state index in [-0.39, 0.29) is 18.3 Å². The lowest BCUT2D eigenvalue weighted by Gasteiger charge is -2.32. The van der Waals surface area contributed by atoms with E-state index in [0.29, 0.717) is 0 Å².